The maximum absolute atomic E-state index is 13.3. The van der Waals surface area contributed by atoms with Crippen LogP contribution in [-0.2, 0) is 14.4 Å². The molecule has 2 rings (SSSR count). The van der Waals surface area contributed by atoms with E-state index in [4.69, 9.17) is 28.9 Å². The SMILES string of the molecule is CC(C)C[C@H](CC(=O)c1cc2cc(Cl)ccc2[nH]1)C(=O)NN(CCC(N)=O)C(=O)[C@H](F)Cl. The molecule has 0 bridgehead atoms. The third kappa shape index (κ3) is 7.20. The Kier molecular flexibility index (Phi) is 9.03. The Morgan fingerprint density at radius 1 is 1.22 bits per heavy atom. The molecule has 2 aromatic rings. The molecule has 0 aliphatic rings. The van der Waals surface area contributed by atoms with Crippen molar-refractivity contribution in [2.24, 2.45) is 17.6 Å². The molecule has 0 aliphatic heterocycles. The minimum Gasteiger partial charge on any atom is -0.370 e. The Hall–Kier alpha value is -2.65. The van der Waals surface area contributed by atoms with Crippen LogP contribution in [0.25, 0.3) is 10.9 Å². The van der Waals surface area contributed by atoms with Crippen molar-refractivity contribution in [1.29, 1.82) is 0 Å². The molecule has 1 aromatic heterocycles. The number of carbonyl (C=O) groups is 4. The van der Waals surface area contributed by atoms with E-state index >= 15 is 0 Å². The molecule has 174 valence electrons. The number of benzene rings is 1. The third-order valence-electron chi connectivity index (χ3n) is 4.72. The van der Waals surface area contributed by atoms with Crippen LogP contribution in [0.5, 0.6) is 0 Å². The molecule has 32 heavy (non-hydrogen) atoms. The van der Waals surface area contributed by atoms with Gasteiger partial charge in [-0.15, -0.1) is 0 Å². The van der Waals surface area contributed by atoms with E-state index in [1.54, 1.807) is 24.3 Å². The van der Waals surface area contributed by atoms with Gasteiger partial charge in [-0.3, -0.25) is 24.6 Å². The molecule has 1 heterocycles. The maximum Gasteiger partial charge on any atom is 0.291 e. The highest BCUT2D eigenvalue weighted by Crippen LogP contribution is 2.23. The summed E-state index contributed by atoms with van der Waals surface area (Å²) < 4.78 is 13.3. The molecule has 4 N–H and O–H groups in total. The van der Waals surface area contributed by atoms with Crippen LogP contribution < -0.4 is 11.2 Å². The molecule has 0 radical (unpaired) electrons. The summed E-state index contributed by atoms with van der Waals surface area (Å²) in [5.74, 6) is -3.71. The summed E-state index contributed by atoms with van der Waals surface area (Å²) in [6.45, 7) is 3.41. The minimum atomic E-state index is -2.41. The van der Waals surface area contributed by atoms with E-state index in [2.05, 4.69) is 10.4 Å². The van der Waals surface area contributed by atoms with E-state index in [-0.39, 0.29) is 31.1 Å². The molecular formula is C21H25Cl2FN4O4. The highest BCUT2D eigenvalue weighted by atomic mass is 35.5. The van der Waals surface area contributed by atoms with Crippen molar-refractivity contribution in [3.63, 3.8) is 0 Å². The van der Waals surface area contributed by atoms with Crippen LogP contribution in [0.3, 0.4) is 0 Å². The largest absolute Gasteiger partial charge is 0.370 e. The Bertz CT molecular complexity index is 1010. The number of H-pyrrole nitrogens is 1. The highest BCUT2D eigenvalue weighted by molar-refractivity contribution is 6.31. The fourth-order valence-electron chi connectivity index (χ4n) is 3.22. The van der Waals surface area contributed by atoms with Crippen molar-refractivity contribution < 1.29 is 23.6 Å². The molecule has 0 saturated heterocycles. The first-order chi connectivity index (χ1) is 15.0. The van der Waals surface area contributed by atoms with Gasteiger partial charge in [-0.1, -0.05) is 37.0 Å². The van der Waals surface area contributed by atoms with Gasteiger partial charge in [0.15, 0.2) is 5.78 Å². The summed E-state index contributed by atoms with van der Waals surface area (Å²) in [5.41, 5.74) is 5.98. The van der Waals surface area contributed by atoms with E-state index in [9.17, 15) is 23.6 Å². The first-order valence-electron chi connectivity index (χ1n) is 9.97. The fourth-order valence-corrected chi connectivity index (χ4v) is 3.52. The second-order valence-electron chi connectivity index (χ2n) is 7.85. The van der Waals surface area contributed by atoms with Gasteiger partial charge in [0.2, 0.25) is 11.8 Å². The van der Waals surface area contributed by atoms with Gasteiger partial charge in [0.1, 0.15) is 0 Å². The smallest absolute Gasteiger partial charge is 0.291 e. The zero-order chi connectivity index (χ0) is 24.0. The van der Waals surface area contributed by atoms with E-state index < -0.39 is 29.3 Å². The molecule has 3 amide bonds. The monoisotopic (exact) mass is 486 g/mol. The third-order valence-corrected chi connectivity index (χ3v) is 5.14. The van der Waals surface area contributed by atoms with E-state index in [0.29, 0.717) is 22.1 Å². The Labute approximate surface area is 194 Å². The van der Waals surface area contributed by atoms with Gasteiger partial charge in [-0.05, 0) is 36.6 Å². The number of halogens is 3. The van der Waals surface area contributed by atoms with Crippen LogP contribution >= 0.6 is 23.2 Å². The first-order valence-corrected chi connectivity index (χ1v) is 10.8. The first kappa shape index (κ1) is 25.6. The van der Waals surface area contributed by atoms with Gasteiger partial charge < -0.3 is 10.7 Å². The summed E-state index contributed by atoms with van der Waals surface area (Å²) in [7, 11) is 0. The zero-order valence-electron chi connectivity index (χ0n) is 17.7. The number of ketones is 1. The standard InChI is InChI=1S/C21H25Cl2FN4O4/c1-11(2)7-13(20(31)27-28(6-5-18(25)30)21(32)19(23)24)10-17(29)16-9-12-8-14(22)3-4-15(12)26-16/h3-4,8-9,11,13,19,26H,5-7,10H2,1-2H3,(H2,25,30)(H,27,31)/t13-,19+/m1/s1. The number of hydrogen-bond donors (Lipinski definition) is 3. The number of fused-ring (bicyclic) bond motifs is 1. The average molecular weight is 487 g/mol. The molecule has 0 spiro atoms. The molecule has 1 aromatic carbocycles. The quantitative estimate of drug-likeness (QED) is 0.270. The number of nitrogens with zero attached hydrogens (tertiary/aromatic N) is 1. The van der Waals surface area contributed by atoms with Crippen LogP contribution in [0.2, 0.25) is 5.02 Å². The molecular weight excluding hydrogens is 462 g/mol. The number of Topliss-reactive ketones (excluding diaryl/α,β-unsaturated/α-hetero) is 1. The van der Waals surface area contributed by atoms with Crippen molar-refractivity contribution in [1.82, 2.24) is 15.4 Å². The summed E-state index contributed by atoms with van der Waals surface area (Å²) in [4.78, 5) is 51.8. The summed E-state index contributed by atoms with van der Waals surface area (Å²) in [5, 5.41) is 1.90. The molecule has 11 heteroatoms. The number of aromatic nitrogens is 1. The van der Waals surface area contributed by atoms with Crippen molar-refractivity contribution >= 4 is 57.6 Å². The van der Waals surface area contributed by atoms with Crippen molar-refractivity contribution in [2.75, 3.05) is 6.54 Å². The lowest BCUT2D eigenvalue weighted by molar-refractivity contribution is -0.145. The molecule has 2 atom stereocenters. The number of nitrogens with one attached hydrogen (secondary N) is 2. The van der Waals surface area contributed by atoms with E-state index in [0.717, 1.165) is 10.9 Å². The van der Waals surface area contributed by atoms with Gasteiger partial charge in [0.25, 0.3) is 11.5 Å². The van der Waals surface area contributed by atoms with Crippen molar-refractivity contribution in [2.45, 2.75) is 38.7 Å². The van der Waals surface area contributed by atoms with Crippen LogP contribution in [-0.4, -0.2) is 45.7 Å². The minimum absolute atomic E-state index is 0.0526. The van der Waals surface area contributed by atoms with Gasteiger partial charge in [-0.2, -0.15) is 0 Å². The number of carbonyl (C=O) groups excluding carboxylic acids is 4. The second kappa shape index (κ2) is 11.3. The van der Waals surface area contributed by atoms with Gasteiger partial charge in [-0.25, -0.2) is 9.40 Å². The maximum atomic E-state index is 13.3. The Morgan fingerprint density at radius 3 is 2.50 bits per heavy atom. The number of rotatable bonds is 10. The molecule has 8 nitrogen and oxygen atoms in total. The number of nitrogens with two attached hydrogens (primary N) is 1. The summed E-state index contributed by atoms with van der Waals surface area (Å²) in [6, 6.07) is 6.80. The normalized spacial score (nSPS) is 13.1. The summed E-state index contributed by atoms with van der Waals surface area (Å²) in [6.07, 6.45) is -0.120. The topological polar surface area (TPSA) is 125 Å². The van der Waals surface area contributed by atoms with E-state index in [1.165, 1.54) is 0 Å². The number of amides is 3. The van der Waals surface area contributed by atoms with Crippen LogP contribution in [0.15, 0.2) is 24.3 Å². The van der Waals surface area contributed by atoms with Crippen LogP contribution in [0.1, 0.15) is 43.6 Å². The van der Waals surface area contributed by atoms with E-state index in [1.807, 2.05) is 13.8 Å². The number of alkyl halides is 2. The van der Waals surface area contributed by atoms with Gasteiger partial charge in [0, 0.05) is 34.7 Å². The lowest BCUT2D eigenvalue weighted by Crippen LogP contribution is -2.51. The Balaban J connectivity index is 2.18. The lowest BCUT2D eigenvalue weighted by atomic mass is 9.91. The molecule has 0 aliphatic carbocycles. The average Bonchev–Trinajstić information content (AvgIpc) is 3.12. The predicted octanol–water partition coefficient (Wildman–Crippen LogP) is 3.33. The highest BCUT2D eigenvalue weighted by Gasteiger charge is 2.29. The predicted molar refractivity (Wildman–Crippen MR) is 120 cm³/mol. The fraction of sp³-hybridized carbons (Fsp3) is 0.429. The molecule has 0 unspecified atom stereocenters. The van der Waals surface area contributed by atoms with Crippen molar-refractivity contribution in [3.8, 4) is 0 Å². The summed E-state index contributed by atoms with van der Waals surface area (Å²) >= 11 is 11.2. The van der Waals surface area contributed by atoms with Gasteiger partial charge in [0.05, 0.1) is 12.2 Å². The van der Waals surface area contributed by atoms with Crippen LogP contribution in [0, 0.1) is 11.8 Å². The number of hydrazine groups is 1. The number of primary amides is 1. The number of aromatic amines is 1. The van der Waals surface area contributed by atoms with Crippen LogP contribution in [0.4, 0.5) is 4.39 Å². The number of hydrogen-bond acceptors (Lipinski definition) is 4. The van der Waals surface area contributed by atoms with Gasteiger partial charge >= 0.3 is 0 Å². The molecule has 0 fully saturated rings. The van der Waals surface area contributed by atoms with Crippen molar-refractivity contribution in [3.05, 3.63) is 35.0 Å². The zero-order valence-corrected chi connectivity index (χ0v) is 19.2. The second-order valence-corrected chi connectivity index (χ2v) is 8.67. The Morgan fingerprint density at radius 2 is 1.91 bits per heavy atom. The molecule has 0 saturated carbocycles. The lowest BCUT2D eigenvalue weighted by Gasteiger charge is -2.26.